The van der Waals surface area contributed by atoms with Crippen molar-refractivity contribution in [2.45, 2.75) is 51.4 Å². The fourth-order valence-corrected chi connectivity index (χ4v) is 11.3. The molecule has 206 valence electrons. The molecule has 4 bridgehead atoms. The zero-order valence-electron chi connectivity index (χ0n) is 24.4. The molecule has 0 nitrogen and oxygen atoms in total. The second-order valence-corrected chi connectivity index (χ2v) is 15.0. The summed E-state index contributed by atoms with van der Waals surface area (Å²) in [6.45, 7) is 0. The van der Waals surface area contributed by atoms with Gasteiger partial charge in [-0.05, 0) is 97.3 Å². The van der Waals surface area contributed by atoms with E-state index < -0.39 is 0 Å². The molecule has 0 aliphatic heterocycles. The van der Waals surface area contributed by atoms with E-state index in [1.807, 2.05) is 0 Å². The Labute approximate surface area is 250 Å². The van der Waals surface area contributed by atoms with Crippen LogP contribution in [0.2, 0.25) is 0 Å². The van der Waals surface area contributed by atoms with Crippen molar-refractivity contribution >= 4 is 0 Å². The maximum atomic E-state index is 2.68. The van der Waals surface area contributed by atoms with Crippen molar-refractivity contribution in [1.29, 1.82) is 0 Å². The van der Waals surface area contributed by atoms with Crippen LogP contribution in [0.5, 0.6) is 0 Å². The molecular formula is C42H38. The number of hydrogen-bond donors (Lipinski definition) is 0. The molecule has 0 radical (unpaired) electrons. The van der Waals surface area contributed by atoms with Gasteiger partial charge in [-0.1, -0.05) is 130 Å². The minimum atomic E-state index is 0.571. The lowest BCUT2D eigenvalue weighted by molar-refractivity contribution is 0.391. The van der Waals surface area contributed by atoms with Crippen molar-refractivity contribution in [3.63, 3.8) is 0 Å². The Kier molecular flexibility index (Phi) is 4.49. The molecule has 0 amide bonds. The van der Waals surface area contributed by atoms with Crippen molar-refractivity contribution < 1.29 is 0 Å². The summed E-state index contributed by atoms with van der Waals surface area (Å²) >= 11 is 0. The molecule has 0 saturated heterocycles. The average Bonchev–Trinajstić information content (AvgIpc) is 3.04. The summed E-state index contributed by atoms with van der Waals surface area (Å²) < 4.78 is 0. The lowest BCUT2D eigenvalue weighted by Gasteiger charge is -2.48. The van der Waals surface area contributed by atoms with Gasteiger partial charge in [0.2, 0.25) is 0 Å². The van der Waals surface area contributed by atoms with Gasteiger partial charge < -0.3 is 0 Å². The Morgan fingerprint density at radius 3 is 0.833 bits per heavy atom. The van der Waals surface area contributed by atoms with Crippen LogP contribution in [0.25, 0.3) is 0 Å². The standard InChI is InChI=1S/C42H38/c1-2-6-24-16-36-32-10-9-31(35(36)15-23(24)5-1)39-19-27-13-29-21-41-33-11-12-34(42(41)22-30(29)14-28(27)20-40(32)39)38-18-26-8-4-3-7-25(26)17-37(33)38/h1-14,23-26,31-34H,15-22H2. The van der Waals surface area contributed by atoms with E-state index in [0.29, 0.717) is 47.3 Å². The van der Waals surface area contributed by atoms with E-state index >= 15 is 0 Å². The molecule has 12 aliphatic rings. The Morgan fingerprint density at radius 2 is 0.571 bits per heavy atom. The van der Waals surface area contributed by atoms with Crippen LogP contribution in [0.15, 0.2) is 130 Å². The quantitative estimate of drug-likeness (QED) is 0.287. The molecule has 0 aromatic heterocycles. The zero-order valence-corrected chi connectivity index (χ0v) is 24.4. The molecule has 8 atom stereocenters. The van der Waals surface area contributed by atoms with Crippen LogP contribution in [-0.2, 0) is 25.7 Å². The smallest absolute Gasteiger partial charge is 0.0197 e. The summed E-state index contributed by atoms with van der Waals surface area (Å²) in [7, 11) is 0. The lowest BCUT2D eigenvalue weighted by atomic mass is 9.56. The molecule has 42 heavy (non-hydrogen) atoms. The van der Waals surface area contributed by atoms with Crippen molar-refractivity contribution in [1.82, 2.24) is 0 Å². The highest BCUT2D eigenvalue weighted by molar-refractivity contribution is 5.61. The van der Waals surface area contributed by atoms with Gasteiger partial charge >= 0.3 is 0 Å². The largest absolute Gasteiger partial charge is 0.0805 e. The van der Waals surface area contributed by atoms with Crippen LogP contribution in [0.3, 0.4) is 0 Å². The second kappa shape index (κ2) is 8.16. The monoisotopic (exact) mass is 542 g/mol. The SMILES string of the molecule is C1=CC2CC3=C(CC2C=C1)C1C=CC3C2=C1Cc1cc3c(cc1C2)CC1=C(C3)C2C=CC1C1=C2CC2C=CC=CC2C1. The first-order chi connectivity index (χ1) is 20.8. The number of fused-ring (bicyclic) bond motifs is 4. The molecule has 0 fully saturated rings. The summed E-state index contributed by atoms with van der Waals surface area (Å²) in [5.74, 6) is 5.15. The highest BCUT2D eigenvalue weighted by atomic mass is 14.5. The Bertz CT molecular complexity index is 1560. The molecule has 0 spiro atoms. The molecule has 0 heterocycles. The van der Waals surface area contributed by atoms with E-state index in [0.717, 1.165) is 0 Å². The summed E-state index contributed by atoms with van der Waals surface area (Å²) in [6, 6.07) is 5.36. The Hall–Kier alpha value is -3.38. The number of benzene rings is 1. The van der Waals surface area contributed by atoms with Gasteiger partial charge in [-0.2, -0.15) is 0 Å². The summed E-state index contributed by atoms with van der Waals surface area (Å²) in [5, 5.41) is 0. The molecule has 0 N–H and O–H groups in total. The van der Waals surface area contributed by atoms with Crippen LogP contribution < -0.4 is 0 Å². The van der Waals surface area contributed by atoms with E-state index in [1.165, 1.54) is 51.4 Å². The third-order valence-electron chi connectivity index (χ3n) is 13.3. The van der Waals surface area contributed by atoms with Gasteiger partial charge in [-0.25, -0.2) is 0 Å². The third kappa shape index (κ3) is 2.99. The molecule has 1 aromatic carbocycles. The van der Waals surface area contributed by atoms with Crippen molar-refractivity contribution in [3.05, 3.63) is 152 Å². The number of allylic oxidation sites excluding steroid dienone is 20. The normalized spacial score (nSPS) is 38.7. The van der Waals surface area contributed by atoms with E-state index in [2.05, 4.69) is 85.0 Å². The number of hydrogen-bond acceptors (Lipinski definition) is 0. The second-order valence-electron chi connectivity index (χ2n) is 15.0. The molecule has 0 heteroatoms. The Morgan fingerprint density at radius 1 is 0.310 bits per heavy atom. The van der Waals surface area contributed by atoms with Crippen LogP contribution in [0, 0.1) is 47.3 Å². The first-order valence-electron chi connectivity index (χ1n) is 16.8. The first kappa shape index (κ1) is 23.1. The predicted octanol–water partition coefficient (Wildman–Crippen LogP) is 9.01. The van der Waals surface area contributed by atoms with Crippen LogP contribution in [0.4, 0.5) is 0 Å². The fourth-order valence-electron chi connectivity index (χ4n) is 11.3. The van der Waals surface area contributed by atoms with Crippen LogP contribution in [0.1, 0.15) is 47.9 Å². The van der Waals surface area contributed by atoms with Gasteiger partial charge in [0.25, 0.3) is 0 Å². The predicted molar refractivity (Wildman–Crippen MR) is 171 cm³/mol. The van der Waals surface area contributed by atoms with Crippen molar-refractivity contribution in [3.8, 4) is 0 Å². The van der Waals surface area contributed by atoms with Gasteiger partial charge in [-0.15, -0.1) is 0 Å². The van der Waals surface area contributed by atoms with Crippen LogP contribution in [-0.4, -0.2) is 0 Å². The molecule has 1 aromatic rings. The average molecular weight is 543 g/mol. The summed E-state index contributed by atoms with van der Waals surface area (Å²) in [4.78, 5) is 0. The fraction of sp³-hybridized carbons (Fsp3) is 0.381. The first-order valence-corrected chi connectivity index (χ1v) is 16.8. The maximum Gasteiger partial charge on any atom is 0.0197 e. The molecule has 0 saturated carbocycles. The van der Waals surface area contributed by atoms with Crippen LogP contribution >= 0.6 is 0 Å². The minimum absolute atomic E-state index is 0.571. The molecule has 8 unspecified atom stereocenters. The third-order valence-corrected chi connectivity index (χ3v) is 13.3. The Balaban J connectivity index is 0.912. The van der Waals surface area contributed by atoms with E-state index in [1.54, 1.807) is 66.8 Å². The summed E-state index contributed by atoms with van der Waals surface area (Å²) in [5.41, 5.74) is 20.9. The topological polar surface area (TPSA) is 0 Å². The van der Waals surface area contributed by atoms with Gasteiger partial charge in [0.1, 0.15) is 0 Å². The van der Waals surface area contributed by atoms with E-state index in [-0.39, 0.29) is 0 Å². The van der Waals surface area contributed by atoms with Gasteiger partial charge in [0, 0.05) is 23.7 Å². The minimum Gasteiger partial charge on any atom is -0.0805 e. The van der Waals surface area contributed by atoms with Crippen molar-refractivity contribution in [2.24, 2.45) is 47.3 Å². The van der Waals surface area contributed by atoms with Crippen molar-refractivity contribution in [2.75, 3.05) is 0 Å². The summed E-state index contributed by atoms with van der Waals surface area (Å²) in [6.07, 6.45) is 39.3. The molecule has 13 rings (SSSR count). The highest BCUT2D eigenvalue weighted by Crippen LogP contribution is 2.58. The lowest BCUT2D eigenvalue weighted by Crippen LogP contribution is -2.36. The maximum absolute atomic E-state index is 2.68. The van der Waals surface area contributed by atoms with E-state index in [9.17, 15) is 0 Å². The number of rotatable bonds is 0. The van der Waals surface area contributed by atoms with Gasteiger partial charge in [-0.3, -0.25) is 0 Å². The van der Waals surface area contributed by atoms with Gasteiger partial charge in [0.05, 0.1) is 0 Å². The molecular weight excluding hydrogens is 504 g/mol. The van der Waals surface area contributed by atoms with Gasteiger partial charge in [0.15, 0.2) is 0 Å². The molecule has 12 aliphatic carbocycles. The van der Waals surface area contributed by atoms with E-state index in [4.69, 9.17) is 0 Å². The zero-order chi connectivity index (χ0) is 27.1. The highest BCUT2D eigenvalue weighted by Gasteiger charge is 2.45.